The van der Waals surface area contributed by atoms with Crippen LogP contribution in [-0.2, 0) is 16.3 Å². The van der Waals surface area contributed by atoms with Crippen molar-refractivity contribution in [1.29, 1.82) is 0 Å². The lowest BCUT2D eigenvalue weighted by atomic mass is 10.1. The quantitative estimate of drug-likeness (QED) is 0.720. The number of nitrogens with one attached hydrogen (secondary N) is 1. The van der Waals surface area contributed by atoms with Crippen LogP contribution in [0.4, 0.5) is 0 Å². The first kappa shape index (κ1) is 17.9. The predicted octanol–water partition coefficient (Wildman–Crippen LogP) is 4.25. The lowest BCUT2D eigenvalue weighted by Crippen LogP contribution is -2.09. The zero-order chi connectivity index (χ0) is 18.9. The van der Waals surface area contributed by atoms with E-state index in [4.69, 9.17) is 0 Å². The van der Waals surface area contributed by atoms with Gasteiger partial charge in [0.1, 0.15) is 0 Å². The maximum absolute atomic E-state index is 12.5. The molecule has 5 heteroatoms. The molecule has 0 radical (unpaired) electrons. The van der Waals surface area contributed by atoms with E-state index in [0.717, 1.165) is 29.4 Å². The molecule has 1 N–H and O–H groups in total. The molecule has 1 aliphatic heterocycles. The Morgan fingerprint density at radius 1 is 1.15 bits per heavy atom. The fourth-order valence-electron chi connectivity index (χ4n) is 3.66. The third kappa shape index (κ3) is 3.78. The maximum Gasteiger partial charge on any atom is 0.178 e. The van der Waals surface area contributed by atoms with E-state index in [9.17, 15) is 8.42 Å². The van der Waals surface area contributed by atoms with Crippen LogP contribution in [-0.4, -0.2) is 37.6 Å². The summed E-state index contributed by atoms with van der Waals surface area (Å²) in [6.07, 6.45) is 7.10. The van der Waals surface area contributed by atoms with E-state index in [1.807, 2.05) is 24.4 Å². The number of rotatable bonds is 5. The van der Waals surface area contributed by atoms with Gasteiger partial charge >= 0.3 is 0 Å². The van der Waals surface area contributed by atoms with Gasteiger partial charge in [-0.3, -0.25) is 0 Å². The molecule has 0 amide bonds. The summed E-state index contributed by atoms with van der Waals surface area (Å²) < 4.78 is 25.1. The van der Waals surface area contributed by atoms with E-state index in [-0.39, 0.29) is 5.75 Å². The van der Waals surface area contributed by atoms with Crippen molar-refractivity contribution >= 4 is 26.8 Å². The number of hydrogen-bond donors (Lipinski definition) is 1. The first-order valence-corrected chi connectivity index (χ1v) is 11.0. The number of hydrogen-bond acceptors (Lipinski definition) is 3. The Labute approximate surface area is 160 Å². The van der Waals surface area contributed by atoms with Crippen molar-refractivity contribution in [3.8, 4) is 0 Å². The van der Waals surface area contributed by atoms with Crippen LogP contribution in [0.3, 0.4) is 0 Å². The maximum atomic E-state index is 12.5. The summed E-state index contributed by atoms with van der Waals surface area (Å²) in [6, 6.07) is 14.8. The fraction of sp³-hybridized carbons (Fsp3) is 0.273. The van der Waals surface area contributed by atoms with Crippen molar-refractivity contribution in [3.63, 3.8) is 0 Å². The van der Waals surface area contributed by atoms with Gasteiger partial charge in [0.15, 0.2) is 9.84 Å². The number of aromatic nitrogens is 1. The largest absolute Gasteiger partial charge is 0.378 e. The molecule has 140 valence electrons. The van der Waals surface area contributed by atoms with Gasteiger partial charge in [0.2, 0.25) is 0 Å². The van der Waals surface area contributed by atoms with Crippen LogP contribution in [0.2, 0.25) is 0 Å². The van der Waals surface area contributed by atoms with Gasteiger partial charge in [-0.05, 0) is 55.2 Å². The van der Waals surface area contributed by atoms with Gasteiger partial charge in [-0.15, -0.1) is 0 Å². The molecule has 4 nitrogen and oxygen atoms in total. The highest BCUT2D eigenvalue weighted by atomic mass is 32.2. The molecule has 0 saturated carbocycles. The fourth-order valence-corrected chi connectivity index (χ4v) is 4.97. The predicted molar refractivity (Wildman–Crippen MR) is 110 cm³/mol. The summed E-state index contributed by atoms with van der Waals surface area (Å²) in [7, 11) is -1.13. The number of fused-ring (bicyclic) bond motifs is 1. The third-order valence-corrected chi connectivity index (χ3v) is 7.01. The topological polar surface area (TPSA) is 53.2 Å². The van der Waals surface area contributed by atoms with Crippen LogP contribution in [0.15, 0.2) is 65.3 Å². The SMILES string of the molecule is CN1CCC/C1=C\c1c[nH]c2ccc(CCS(=O)(=O)c3ccccc3)cc12. The van der Waals surface area contributed by atoms with Crippen molar-refractivity contribution < 1.29 is 8.42 Å². The molecule has 0 aliphatic carbocycles. The lowest BCUT2D eigenvalue weighted by Gasteiger charge is -2.12. The van der Waals surface area contributed by atoms with Gasteiger partial charge in [0, 0.05) is 42.0 Å². The van der Waals surface area contributed by atoms with Crippen LogP contribution < -0.4 is 0 Å². The van der Waals surface area contributed by atoms with Crippen molar-refractivity contribution in [3.05, 3.63) is 71.6 Å². The number of sulfone groups is 1. The van der Waals surface area contributed by atoms with Crippen molar-refractivity contribution in [1.82, 2.24) is 9.88 Å². The molecule has 4 rings (SSSR count). The summed E-state index contributed by atoms with van der Waals surface area (Å²) >= 11 is 0. The molecule has 27 heavy (non-hydrogen) atoms. The molecule has 0 atom stereocenters. The minimum atomic E-state index is -3.26. The highest BCUT2D eigenvalue weighted by Crippen LogP contribution is 2.27. The lowest BCUT2D eigenvalue weighted by molar-refractivity contribution is 0.484. The first-order chi connectivity index (χ1) is 13.0. The highest BCUT2D eigenvalue weighted by Gasteiger charge is 2.15. The number of H-pyrrole nitrogens is 1. The molecule has 3 aromatic rings. The zero-order valence-electron chi connectivity index (χ0n) is 15.5. The van der Waals surface area contributed by atoms with Gasteiger partial charge in [0.05, 0.1) is 10.6 Å². The van der Waals surface area contributed by atoms with Crippen LogP contribution in [0, 0.1) is 0 Å². The Morgan fingerprint density at radius 3 is 2.70 bits per heavy atom. The minimum Gasteiger partial charge on any atom is -0.378 e. The zero-order valence-corrected chi connectivity index (χ0v) is 16.3. The first-order valence-electron chi connectivity index (χ1n) is 9.32. The molecule has 0 spiro atoms. The van der Waals surface area contributed by atoms with Crippen LogP contribution in [0.25, 0.3) is 17.0 Å². The average molecular weight is 381 g/mol. The second kappa shape index (κ2) is 7.24. The number of aryl methyl sites for hydroxylation is 1. The molecular formula is C22H24N2O2S. The van der Waals surface area contributed by atoms with E-state index in [1.54, 1.807) is 24.3 Å². The van der Waals surface area contributed by atoms with Gasteiger partial charge in [-0.2, -0.15) is 0 Å². The number of likely N-dealkylation sites (tertiary alicyclic amines) is 1. The van der Waals surface area contributed by atoms with Crippen LogP contribution >= 0.6 is 0 Å². The van der Waals surface area contributed by atoms with Crippen LogP contribution in [0.5, 0.6) is 0 Å². The standard InChI is InChI=1S/C22H24N2O2S/c1-24-12-5-6-19(24)15-18-16-23-22-10-9-17(14-21(18)22)11-13-27(25,26)20-7-3-2-4-8-20/h2-4,7-10,14-16,23H,5-6,11-13H2,1H3/b19-15+. The van der Waals surface area contributed by atoms with E-state index in [2.05, 4.69) is 29.1 Å². The molecule has 1 aromatic heterocycles. The van der Waals surface area contributed by atoms with E-state index < -0.39 is 9.84 Å². The van der Waals surface area contributed by atoms with Gasteiger partial charge in [0.25, 0.3) is 0 Å². The van der Waals surface area contributed by atoms with E-state index in [0.29, 0.717) is 11.3 Å². The smallest absolute Gasteiger partial charge is 0.178 e. The number of allylic oxidation sites excluding steroid dienone is 1. The average Bonchev–Trinajstić information content (AvgIpc) is 3.27. The van der Waals surface area contributed by atoms with Gasteiger partial charge in [-0.1, -0.05) is 24.3 Å². The second-order valence-corrected chi connectivity index (χ2v) is 9.28. The van der Waals surface area contributed by atoms with Crippen molar-refractivity contribution in [2.24, 2.45) is 0 Å². The summed E-state index contributed by atoms with van der Waals surface area (Å²) in [6.45, 7) is 1.11. The molecule has 1 fully saturated rings. The summed E-state index contributed by atoms with van der Waals surface area (Å²) in [4.78, 5) is 6.01. The normalized spacial score (nSPS) is 16.5. The minimum absolute atomic E-state index is 0.117. The molecule has 1 saturated heterocycles. The molecule has 0 unspecified atom stereocenters. The number of nitrogens with zero attached hydrogens (tertiary/aromatic N) is 1. The Morgan fingerprint density at radius 2 is 1.96 bits per heavy atom. The van der Waals surface area contributed by atoms with Gasteiger partial charge in [-0.25, -0.2) is 8.42 Å². The van der Waals surface area contributed by atoms with E-state index >= 15 is 0 Å². The Balaban J connectivity index is 1.57. The van der Waals surface area contributed by atoms with Crippen molar-refractivity contribution in [2.75, 3.05) is 19.3 Å². The molecule has 1 aliphatic rings. The molecule has 2 heterocycles. The van der Waals surface area contributed by atoms with E-state index in [1.165, 1.54) is 17.7 Å². The monoisotopic (exact) mass is 380 g/mol. The summed E-state index contributed by atoms with van der Waals surface area (Å²) in [5.41, 5.74) is 4.65. The highest BCUT2D eigenvalue weighted by molar-refractivity contribution is 7.91. The Bertz CT molecular complexity index is 1080. The Hall–Kier alpha value is -2.53. The van der Waals surface area contributed by atoms with Gasteiger partial charge < -0.3 is 9.88 Å². The molecule has 0 bridgehead atoms. The Kier molecular flexibility index (Phi) is 4.79. The second-order valence-electron chi connectivity index (χ2n) is 7.17. The summed E-state index contributed by atoms with van der Waals surface area (Å²) in [5, 5.41) is 1.15. The van der Waals surface area contributed by atoms with Crippen molar-refractivity contribution in [2.45, 2.75) is 24.2 Å². The summed E-state index contributed by atoms with van der Waals surface area (Å²) in [5.74, 6) is 0.117. The molecule has 2 aromatic carbocycles. The molecular weight excluding hydrogens is 356 g/mol. The number of benzene rings is 2. The number of aromatic amines is 1. The van der Waals surface area contributed by atoms with Crippen LogP contribution in [0.1, 0.15) is 24.0 Å². The third-order valence-electron chi connectivity index (χ3n) is 5.28.